The Kier molecular flexibility index (Phi) is 5.72. The monoisotopic (exact) mass is 404 g/mol. The molecule has 0 fully saturated rings. The SMILES string of the molecule is Cc1ccc(Nc2ccccc2NC(=O)c2c(Cl)ccc(Cl)c2Cl)cc1. The molecule has 0 aliphatic rings. The average Bonchev–Trinajstić information content (AvgIpc) is 2.62. The lowest BCUT2D eigenvalue weighted by Gasteiger charge is -2.14. The van der Waals surface area contributed by atoms with Crippen LogP contribution in [0, 0.1) is 6.92 Å². The van der Waals surface area contributed by atoms with E-state index in [2.05, 4.69) is 10.6 Å². The largest absolute Gasteiger partial charge is 0.354 e. The van der Waals surface area contributed by atoms with E-state index in [9.17, 15) is 4.79 Å². The van der Waals surface area contributed by atoms with Gasteiger partial charge >= 0.3 is 0 Å². The first-order valence-corrected chi connectivity index (χ1v) is 8.96. The number of hydrogen-bond donors (Lipinski definition) is 2. The van der Waals surface area contributed by atoms with Gasteiger partial charge in [0.2, 0.25) is 0 Å². The second-order valence-corrected chi connectivity index (χ2v) is 6.90. The first-order valence-electron chi connectivity index (χ1n) is 7.83. The number of amides is 1. The lowest BCUT2D eigenvalue weighted by atomic mass is 10.2. The summed E-state index contributed by atoms with van der Waals surface area (Å²) in [6.45, 7) is 2.02. The van der Waals surface area contributed by atoms with Gasteiger partial charge in [0.15, 0.2) is 0 Å². The molecule has 3 aromatic rings. The second-order valence-electron chi connectivity index (χ2n) is 5.71. The highest BCUT2D eigenvalue weighted by Crippen LogP contribution is 2.33. The molecule has 132 valence electrons. The van der Waals surface area contributed by atoms with Crippen LogP contribution in [0.5, 0.6) is 0 Å². The third-order valence-electron chi connectivity index (χ3n) is 3.78. The van der Waals surface area contributed by atoms with Crippen LogP contribution in [0.3, 0.4) is 0 Å². The number of carbonyl (C=O) groups is 1. The molecule has 0 spiro atoms. The molecule has 3 nitrogen and oxygen atoms in total. The van der Waals surface area contributed by atoms with Gasteiger partial charge in [-0.05, 0) is 43.3 Å². The molecule has 1 amide bonds. The number of halogens is 3. The molecule has 3 aromatic carbocycles. The summed E-state index contributed by atoms with van der Waals surface area (Å²) in [4.78, 5) is 12.7. The fourth-order valence-electron chi connectivity index (χ4n) is 2.41. The Morgan fingerprint density at radius 2 is 1.42 bits per heavy atom. The van der Waals surface area contributed by atoms with E-state index in [1.807, 2.05) is 49.4 Å². The van der Waals surface area contributed by atoms with Crippen molar-refractivity contribution in [3.63, 3.8) is 0 Å². The standard InChI is InChI=1S/C20H15Cl3N2O/c1-12-6-8-13(9-7-12)24-16-4-2-3-5-17(16)25-20(26)18-14(21)10-11-15(22)19(18)23/h2-11,24H,1H3,(H,25,26). The van der Waals surface area contributed by atoms with Crippen LogP contribution in [0.15, 0.2) is 60.7 Å². The highest BCUT2D eigenvalue weighted by atomic mass is 35.5. The van der Waals surface area contributed by atoms with Crippen molar-refractivity contribution in [3.8, 4) is 0 Å². The van der Waals surface area contributed by atoms with E-state index in [0.717, 1.165) is 11.4 Å². The first kappa shape index (κ1) is 18.6. The van der Waals surface area contributed by atoms with Crippen LogP contribution in [0.1, 0.15) is 15.9 Å². The van der Waals surface area contributed by atoms with Crippen molar-refractivity contribution in [1.82, 2.24) is 0 Å². The Balaban J connectivity index is 1.88. The molecule has 0 aromatic heterocycles. The fraction of sp³-hybridized carbons (Fsp3) is 0.0500. The Hall–Kier alpha value is -2.20. The predicted octanol–water partition coefficient (Wildman–Crippen LogP) is 6.95. The van der Waals surface area contributed by atoms with Gasteiger partial charge in [0.25, 0.3) is 5.91 Å². The molecular formula is C20H15Cl3N2O. The van der Waals surface area contributed by atoms with Crippen LogP contribution in [-0.4, -0.2) is 5.91 Å². The zero-order chi connectivity index (χ0) is 18.7. The van der Waals surface area contributed by atoms with Crippen molar-refractivity contribution in [2.45, 2.75) is 6.92 Å². The van der Waals surface area contributed by atoms with Crippen LogP contribution < -0.4 is 10.6 Å². The average molecular weight is 406 g/mol. The Labute approximate surface area is 166 Å². The summed E-state index contributed by atoms with van der Waals surface area (Å²) in [5.74, 6) is -0.430. The Morgan fingerprint density at radius 3 is 2.12 bits per heavy atom. The van der Waals surface area contributed by atoms with Crippen molar-refractivity contribution >= 4 is 57.8 Å². The van der Waals surface area contributed by atoms with Crippen LogP contribution in [0.2, 0.25) is 15.1 Å². The summed E-state index contributed by atoms with van der Waals surface area (Å²) in [5.41, 5.74) is 3.58. The first-order chi connectivity index (χ1) is 12.5. The third kappa shape index (κ3) is 4.13. The van der Waals surface area contributed by atoms with E-state index < -0.39 is 5.91 Å². The van der Waals surface area contributed by atoms with Gasteiger partial charge in [0, 0.05) is 5.69 Å². The molecule has 26 heavy (non-hydrogen) atoms. The minimum Gasteiger partial charge on any atom is -0.354 e. The van der Waals surface area contributed by atoms with Crippen LogP contribution in [0.25, 0.3) is 0 Å². The molecule has 0 heterocycles. The maximum Gasteiger partial charge on any atom is 0.258 e. The van der Waals surface area contributed by atoms with E-state index in [1.54, 1.807) is 18.2 Å². The molecule has 0 unspecified atom stereocenters. The zero-order valence-electron chi connectivity index (χ0n) is 13.8. The number of benzene rings is 3. The number of carbonyl (C=O) groups excluding carboxylic acids is 1. The van der Waals surface area contributed by atoms with Gasteiger partial charge in [-0.3, -0.25) is 4.79 Å². The summed E-state index contributed by atoms with van der Waals surface area (Å²) in [6.07, 6.45) is 0. The maximum absolute atomic E-state index is 12.7. The van der Waals surface area contributed by atoms with Gasteiger partial charge in [-0.25, -0.2) is 0 Å². The van der Waals surface area contributed by atoms with Crippen LogP contribution in [-0.2, 0) is 0 Å². The van der Waals surface area contributed by atoms with Crippen LogP contribution in [0.4, 0.5) is 17.1 Å². The molecule has 3 rings (SSSR count). The highest BCUT2D eigenvalue weighted by molar-refractivity contribution is 6.46. The van der Waals surface area contributed by atoms with Crippen molar-refractivity contribution in [2.75, 3.05) is 10.6 Å². The highest BCUT2D eigenvalue weighted by Gasteiger charge is 2.18. The molecule has 0 atom stereocenters. The van der Waals surface area contributed by atoms with Crippen LogP contribution >= 0.6 is 34.8 Å². The molecule has 2 N–H and O–H groups in total. The van der Waals surface area contributed by atoms with Gasteiger partial charge in [-0.15, -0.1) is 0 Å². The van der Waals surface area contributed by atoms with E-state index in [4.69, 9.17) is 34.8 Å². The summed E-state index contributed by atoms with van der Waals surface area (Å²) < 4.78 is 0. The smallest absolute Gasteiger partial charge is 0.258 e. The third-order valence-corrected chi connectivity index (χ3v) is 4.90. The number of nitrogens with one attached hydrogen (secondary N) is 2. The normalized spacial score (nSPS) is 10.5. The van der Waals surface area contributed by atoms with Crippen molar-refractivity contribution < 1.29 is 4.79 Å². The number of para-hydroxylation sites is 2. The quantitative estimate of drug-likeness (QED) is 0.461. The molecule has 0 saturated heterocycles. The van der Waals surface area contributed by atoms with Gasteiger partial charge in [-0.2, -0.15) is 0 Å². The van der Waals surface area contributed by atoms with Gasteiger partial charge in [0.1, 0.15) is 0 Å². The van der Waals surface area contributed by atoms with Crippen molar-refractivity contribution in [2.24, 2.45) is 0 Å². The van der Waals surface area contributed by atoms with Gasteiger partial charge in [-0.1, -0.05) is 64.6 Å². The van der Waals surface area contributed by atoms with E-state index in [1.165, 1.54) is 5.56 Å². The molecular weight excluding hydrogens is 391 g/mol. The maximum atomic E-state index is 12.7. The Morgan fingerprint density at radius 1 is 0.808 bits per heavy atom. The van der Waals surface area contributed by atoms with E-state index in [0.29, 0.717) is 5.69 Å². The number of anilines is 3. The fourth-order valence-corrected chi connectivity index (χ4v) is 3.11. The van der Waals surface area contributed by atoms with Gasteiger partial charge < -0.3 is 10.6 Å². The summed E-state index contributed by atoms with van der Waals surface area (Å²) in [6, 6.07) is 18.4. The van der Waals surface area contributed by atoms with Gasteiger partial charge in [0.05, 0.1) is 32.0 Å². The lowest BCUT2D eigenvalue weighted by molar-refractivity contribution is 0.102. The predicted molar refractivity (Wildman–Crippen MR) is 110 cm³/mol. The van der Waals surface area contributed by atoms with Crippen molar-refractivity contribution in [3.05, 3.63) is 86.9 Å². The molecule has 0 radical (unpaired) electrons. The van der Waals surface area contributed by atoms with E-state index in [-0.39, 0.29) is 20.6 Å². The summed E-state index contributed by atoms with van der Waals surface area (Å²) in [5, 5.41) is 6.76. The number of rotatable bonds is 4. The number of hydrogen-bond acceptors (Lipinski definition) is 2. The summed E-state index contributed by atoms with van der Waals surface area (Å²) >= 11 is 18.3. The minimum absolute atomic E-state index is 0.126. The van der Waals surface area contributed by atoms with E-state index >= 15 is 0 Å². The number of aryl methyl sites for hydroxylation is 1. The molecule has 0 bridgehead atoms. The zero-order valence-corrected chi connectivity index (χ0v) is 16.1. The second kappa shape index (κ2) is 8.00. The minimum atomic E-state index is -0.430. The Bertz CT molecular complexity index is 956. The van der Waals surface area contributed by atoms with Crippen molar-refractivity contribution in [1.29, 1.82) is 0 Å². The molecule has 0 saturated carbocycles. The summed E-state index contributed by atoms with van der Waals surface area (Å²) in [7, 11) is 0. The molecule has 0 aliphatic carbocycles. The topological polar surface area (TPSA) is 41.1 Å². The molecule has 0 aliphatic heterocycles. The molecule has 6 heteroatoms. The lowest BCUT2D eigenvalue weighted by Crippen LogP contribution is -2.14.